The maximum atomic E-state index is 14.7. The highest BCUT2D eigenvalue weighted by molar-refractivity contribution is 5.49. The molecule has 0 saturated carbocycles. The number of rotatable bonds is 3. The fourth-order valence-corrected chi connectivity index (χ4v) is 3.30. The van der Waals surface area contributed by atoms with Gasteiger partial charge >= 0.3 is 0 Å². The molecule has 4 rings (SSSR count). The largest absolute Gasteiger partial charge is 0.352 e. The lowest BCUT2D eigenvalue weighted by molar-refractivity contribution is 0.555. The number of piperazine rings is 1. The van der Waals surface area contributed by atoms with E-state index in [4.69, 9.17) is 0 Å². The van der Waals surface area contributed by atoms with Crippen LogP contribution in [0.1, 0.15) is 31.2 Å². The summed E-state index contributed by atoms with van der Waals surface area (Å²) in [5.74, 6) is 1.04. The third-order valence-corrected chi connectivity index (χ3v) is 4.67. The van der Waals surface area contributed by atoms with Crippen molar-refractivity contribution in [2.24, 2.45) is 0 Å². The second-order valence-electron chi connectivity index (χ2n) is 6.90. The van der Waals surface area contributed by atoms with Gasteiger partial charge in [-0.1, -0.05) is 13.8 Å². The van der Waals surface area contributed by atoms with E-state index in [1.807, 2.05) is 44.0 Å². The van der Waals surface area contributed by atoms with Crippen LogP contribution in [0.2, 0.25) is 0 Å². The topological polar surface area (TPSA) is 62.5 Å². The van der Waals surface area contributed by atoms with E-state index in [9.17, 15) is 4.39 Å². The minimum Gasteiger partial charge on any atom is -0.352 e. The summed E-state index contributed by atoms with van der Waals surface area (Å²) in [6, 6.07) is 3.96. The fraction of sp³-hybridized carbons (Fsp3) is 0.444. The molecule has 4 heterocycles. The first-order valence-electron chi connectivity index (χ1n) is 8.86. The number of imidazole rings is 1. The Morgan fingerprint density at radius 3 is 2.50 bits per heavy atom. The average Bonchev–Trinajstić information content (AvgIpc) is 3.01. The Morgan fingerprint density at radius 1 is 1.04 bits per heavy atom. The zero-order valence-electron chi connectivity index (χ0n) is 15.2. The maximum absolute atomic E-state index is 14.7. The highest BCUT2D eigenvalue weighted by Gasteiger charge is 2.24. The molecule has 1 aliphatic rings. The van der Waals surface area contributed by atoms with E-state index < -0.39 is 0 Å². The quantitative estimate of drug-likeness (QED) is 0.719. The molecular weight excluding hydrogens is 333 g/mol. The van der Waals surface area contributed by atoms with E-state index in [1.165, 1.54) is 6.33 Å². The van der Waals surface area contributed by atoms with Crippen LogP contribution in [-0.2, 0) is 0 Å². The number of aromatic nitrogens is 5. The summed E-state index contributed by atoms with van der Waals surface area (Å²) in [6.07, 6.45) is 3.37. The van der Waals surface area contributed by atoms with E-state index in [1.54, 1.807) is 4.52 Å². The maximum Gasteiger partial charge on any atom is 0.187 e. The molecule has 0 amide bonds. The lowest BCUT2D eigenvalue weighted by Gasteiger charge is -2.36. The van der Waals surface area contributed by atoms with Gasteiger partial charge in [0, 0.05) is 26.2 Å². The highest BCUT2D eigenvalue weighted by Crippen LogP contribution is 2.24. The normalized spacial score (nSPS) is 15.3. The van der Waals surface area contributed by atoms with E-state index in [0.717, 1.165) is 30.2 Å². The Hall–Kier alpha value is -2.77. The number of nitrogens with zero attached hydrogens (tertiary/aromatic N) is 7. The fourth-order valence-electron chi connectivity index (χ4n) is 3.30. The van der Waals surface area contributed by atoms with Crippen LogP contribution in [0.25, 0.3) is 5.65 Å². The number of halogens is 1. The molecule has 1 aliphatic heterocycles. The SMILES string of the molecule is Cc1cn2nc(N3CCN(c4ncnc(C(C)C)c4F)CC3)ccc2n1. The van der Waals surface area contributed by atoms with Gasteiger partial charge in [-0.05, 0) is 25.0 Å². The van der Waals surface area contributed by atoms with E-state index >= 15 is 0 Å². The van der Waals surface area contributed by atoms with Gasteiger partial charge in [0.25, 0.3) is 0 Å². The third-order valence-electron chi connectivity index (χ3n) is 4.67. The van der Waals surface area contributed by atoms with Gasteiger partial charge in [0.15, 0.2) is 17.3 Å². The minimum atomic E-state index is -0.301. The first-order chi connectivity index (χ1) is 12.5. The zero-order valence-corrected chi connectivity index (χ0v) is 15.2. The number of anilines is 2. The summed E-state index contributed by atoms with van der Waals surface area (Å²) in [5, 5.41) is 4.63. The van der Waals surface area contributed by atoms with Gasteiger partial charge in [-0.3, -0.25) is 0 Å². The van der Waals surface area contributed by atoms with Gasteiger partial charge in [0.1, 0.15) is 12.1 Å². The molecule has 7 nitrogen and oxygen atoms in total. The van der Waals surface area contributed by atoms with Crippen molar-refractivity contribution in [2.75, 3.05) is 36.0 Å². The molecule has 1 fully saturated rings. The van der Waals surface area contributed by atoms with Crippen molar-refractivity contribution in [3.63, 3.8) is 0 Å². The average molecular weight is 355 g/mol. The predicted molar refractivity (Wildman–Crippen MR) is 98.2 cm³/mol. The standard InChI is InChI=1S/C18H22FN7/c1-12(2)17-16(19)18(21-11-20-17)25-8-6-24(7-9-25)15-5-4-14-22-13(3)10-26(14)23-15/h4-5,10-12H,6-9H2,1-3H3. The molecule has 0 bridgehead atoms. The molecule has 0 N–H and O–H groups in total. The van der Waals surface area contributed by atoms with Crippen LogP contribution in [0.5, 0.6) is 0 Å². The molecule has 136 valence electrons. The summed E-state index contributed by atoms with van der Waals surface area (Å²) >= 11 is 0. The Labute approximate surface area is 151 Å². The Bertz CT molecular complexity index is 928. The summed E-state index contributed by atoms with van der Waals surface area (Å²) in [4.78, 5) is 16.9. The Balaban J connectivity index is 1.51. The number of hydrogen-bond donors (Lipinski definition) is 0. The highest BCUT2D eigenvalue weighted by atomic mass is 19.1. The first-order valence-corrected chi connectivity index (χ1v) is 8.86. The summed E-state index contributed by atoms with van der Waals surface area (Å²) in [7, 11) is 0. The van der Waals surface area contributed by atoms with E-state index in [2.05, 4.69) is 25.0 Å². The second kappa shape index (κ2) is 6.51. The molecule has 26 heavy (non-hydrogen) atoms. The van der Waals surface area contributed by atoms with E-state index in [0.29, 0.717) is 24.6 Å². The lowest BCUT2D eigenvalue weighted by Crippen LogP contribution is -2.47. The number of hydrogen-bond acceptors (Lipinski definition) is 6. The summed E-state index contributed by atoms with van der Waals surface area (Å²) in [6.45, 7) is 8.72. The van der Waals surface area contributed by atoms with Crippen LogP contribution in [-0.4, -0.2) is 50.7 Å². The summed E-state index contributed by atoms with van der Waals surface area (Å²) < 4.78 is 16.5. The monoisotopic (exact) mass is 355 g/mol. The van der Waals surface area contributed by atoms with Crippen LogP contribution in [0.3, 0.4) is 0 Å². The van der Waals surface area contributed by atoms with E-state index in [-0.39, 0.29) is 11.7 Å². The Morgan fingerprint density at radius 2 is 1.77 bits per heavy atom. The number of aryl methyl sites for hydroxylation is 1. The van der Waals surface area contributed by atoms with Crippen molar-refractivity contribution in [3.05, 3.63) is 41.9 Å². The molecule has 1 saturated heterocycles. The predicted octanol–water partition coefficient (Wildman–Crippen LogP) is 2.42. The molecule has 0 aliphatic carbocycles. The smallest absolute Gasteiger partial charge is 0.187 e. The molecule has 3 aromatic rings. The first kappa shape index (κ1) is 16.7. The molecule has 8 heteroatoms. The molecule has 0 spiro atoms. The molecular formula is C18H22FN7. The van der Waals surface area contributed by atoms with Crippen molar-refractivity contribution in [2.45, 2.75) is 26.7 Å². The van der Waals surface area contributed by atoms with Gasteiger partial charge in [0.2, 0.25) is 0 Å². The summed E-state index contributed by atoms with van der Waals surface area (Å²) in [5.41, 5.74) is 2.26. The lowest BCUT2D eigenvalue weighted by atomic mass is 10.1. The molecule has 0 unspecified atom stereocenters. The van der Waals surface area contributed by atoms with Gasteiger partial charge in [-0.15, -0.1) is 5.10 Å². The van der Waals surface area contributed by atoms with Crippen LogP contribution >= 0.6 is 0 Å². The van der Waals surface area contributed by atoms with Gasteiger partial charge < -0.3 is 9.80 Å². The Kier molecular flexibility index (Phi) is 4.18. The molecule has 0 atom stereocenters. The zero-order chi connectivity index (χ0) is 18.3. The van der Waals surface area contributed by atoms with Crippen molar-refractivity contribution in [3.8, 4) is 0 Å². The van der Waals surface area contributed by atoms with Crippen molar-refractivity contribution in [1.82, 2.24) is 24.6 Å². The van der Waals surface area contributed by atoms with Gasteiger partial charge in [-0.25, -0.2) is 23.9 Å². The van der Waals surface area contributed by atoms with Crippen molar-refractivity contribution >= 4 is 17.3 Å². The van der Waals surface area contributed by atoms with Crippen molar-refractivity contribution < 1.29 is 4.39 Å². The third kappa shape index (κ3) is 2.95. The number of fused-ring (bicyclic) bond motifs is 1. The molecule has 3 aromatic heterocycles. The van der Waals surface area contributed by atoms with Crippen LogP contribution < -0.4 is 9.80 Å². The minimum absolute atomic E-state index is 0.0348. The van der Waals surface area contributed by atoms with Crippen LogP contribution in [0.15, 0.2) is 24.7 Å². The van der Waals surface area contributed by atoms with Crippen LogP contribution in [0, 0.1) is 12.7 Å². The van der Waals surface area contributed by atoms with Gasteiger partial charge in [0.05, 0.1) is 17.6 Å². The van der Waals surface area contributed by atoms with Crippen LogP contribution in [0.4, 0.5) is 16.0 Å². The molecule has 0 radical (unpaired) electrons. The second-order valence-corrected chi connectivity index (χ2v) is 6.90. The van der Waals surface area contributed by atoms with Gasteiger partial charge in [-0.2, -0.15) is 0 Å². The van der Waals surface area contributed by atoms with Crippen molar-refractivity contribution in [1.29, 1.82) is 0 Å². The molecule has 0 aromatic carbocycles.